The van der Waals surface area contributed by atoms with E-state index in [-0.39, 0.29) is 23.0 Å². The van der Waals surface area contributed by atoms with Gasteiger partial charge in [0.1, 0.15) is 0 Å². The predicted molar refractivity (Wildman–Crippen MR) is 68.0 cm³/mol. The Morgan fingerprint density at radius 1 is 1.56 bits per heavy atom. The monoisotopic (exact) mass is 292 g/mol. The van der Waals surface area contributed by atoms with Crippen LogP contribution >= 0.6 is 11.6 Å². The molecule has 100 valence electrons. The largest absolute Gasteiger partial charge is 0.469 e. The molecule has 0 atom stereocenters. The average Bonchev–Trinajstić information content (AvgIpc) is 2.31. The molecule has 1 aromatic rings. The van der Waals surface area contributed by atoms with Crippen LogP contribution in [0.5, 0.6) is 0 Å². The van der Waals surface area contributed by atoms with Gasteiger partial charge < -0.3 is 4.74 Å². The summed E-state index contributed by atoms with van der Waals surface area (Å²) in [5, 5.41) is 0.0663. The number of halogens is 1. The molecule has 0 saturated heterocycles. The third kappa shape index (κ3) is 4.15. The molecule has 1 aromatic heterocycles. The van der Waals surface area contributed by atoms with Crippen molar-refractivity contribution in [2.24, 2.45) is 0 Å². The molecule has 6 nitrogen and oxygen atoms in total. The van der Waals surface area contributed by atoms with Crippen LogP contribution in [0.4, 0.5) is 5.69 Å². The van der Waals surface area contributed by atoms with Gasteiger partial charge in [-0.3, -0.25) is 9.52 Å². The van der Waals surface area contributed by atoms with Crippen molar-refractivity contribution < 1.29 is 17.9 Å². The molecule has 0 aromatic carbocycles. The summed E-state index contributed by atoms with van der Waals surface area (Å²) in [7, 11) is -2.46. The second-order valence-electron chi connectivity index (χ2n) is 3.54. The summed E-state index contributed by atoms with van der Waals surface area (Å²) in [6.07, 6.45) is 1.26. The minimum absolute atomic E-state index is 0.0663. The van der Waals surface area contributed by atoms with Crippen LogP contribution < -0.4 is 4.72 Å². The first-order valence-electron chi connectivity index (χ1n) is 5.04. The van der Waals surface area contributed by atoms with Gasteiger partial charge in [0.15, 0.2) is 5.15 Å². The number of ether oxygens (including phenoxy) is 1. The van der Waals surface area contributed by atoms with Gasteiger partial charge in [-0.05, 0) is 18.6 Å². The zero-order valence-corrected chi connectivity index (χ0v) is 11.5. The molecule has 0 fully saturated rings. The number of aryl methyl sites for hydroxylation is 1. The van der Waals surface area contributed by atoms with Gasteiger partial charge in [0.05, 0.1) is 25.0 Å². The van der Waals surface area contributed by atoms with Crippen molar-refractivity contribution in [2.75, 3.05) is 17.6 Å². The molecule has 0 aliphatic carbocycles. The molecule has 18 heavy (non-hydrogen) atoms. The lowest BCUT2D eigenvalue weighted by atomic mass is 10.3. The molecule has 0 amide bonds. The predicted octanol–water partition coefficient (Wildman–Crippen LogP) is 1.35. The number of nitrogens with zero attached hydrogens (tertiary/aromatic N) is 1. The van der Waals surface area contributed by atoms with E-state index in [1.54, 1.807) is 13.0 Å². The van der Waals surface area contributed by atoms with E-state index in [0.29, 0.717) is 5.56 Å². The molecule has 0 spiro atoms. The van der Waals surface area contributed by atoms with Crippen LogP contribution in [0.2, 0.25) is 5.15 Å². The second-order valence-corrected chi connectivity index (χ2v) is 5.74. The van der Waals surface area contributed by atoms with Crippen LogP contribution in [0.25, 0.3) is 0 Å². The van der Waals surface area contributed by atoms with Gasteiger partial charge >= 0.3 is 5.97 Å². The lowest BCUT2D eigenvalue weighted by Gasteiger charge is -2.10. The van der Waals surface area contributed by atoms with Gasteiger partial charge in [0, 0.05) is 6.20 Å². The zero-order valence-electron chi connectivity index (χ0n) is 9.94. The highest BCUT2D eigenvalue weighted by Gasteiger charge is 2.16. The first-order valence-corrected chi connectivity index (χ1v) is 7.07. The summed E-state index contributed by atoms with van der Waals surface area (Å²) in [5.74, 6) is -0.959. The summed E-state index contributed by atoms with van der Waals surface area (Å²) >= 11 is 5.80. The number of rotatable bonds is 5. The summed E-state index contributed by atoms with van der Waals surface area (Å²) in [6, 6.07) is 1.63. The molecule has 0 radical (unpaired) electrons. The molecule has 0 bridgehead atoms. The summed E-state index contributed by atoms with van der Waals surface area (Å²) in [5.41, 5.74) is 0.876. The van der Waals surface area contributed by atoms with Crippen LogP contribution in [0, 0.1) is 6.92 Å². The smallest absolute Gasteiger partial charge is 0.306 e. The molecular formula is C10H13ClN2O4S. The van der Waals surface area contributed by atoms with Crippen molar-refractivity contribution in [3.8, 4) is 0 Å². The van der Waals surface area contributed by atoms with Crippen LogP contribution in [0.1, 0.15) is 12.0 Å². The molecule has 1 rings (SSSR count). The van der Waals surface area contributed by atoms with Gasteiger partial charge in [-0.25, -0.2) is 13.4 Å². The Balaban J connectivity index is 2.80. The van der Waals surface area contributed by atoms with E-state index in [9.17, 15) is 13.2 Å². The van der Waals surface area contributed by atoms with E-state index in [4.69, 9.17) is 11.6 Å². The van der Waals surface area contributed by atoms with Crippen molar-refractivity contribution >= 4 is 33.3 Å². The van der Waals surface area contributed by atoms with Crippen LogP contribution in [-0.2, 0) is 19.6 Å². The van der Waals surface area contributed by atoms with Gasteiger partial charge in [-0.2, -0.15) is 0 Å². The Kier molecular flexibility index (Phi) is 4.92. The van der Waals surface area contributed by atoms with E-state index < -0.39 is 16.0 Å². The number of nitrogens with one attached hydrogen (secondary N) is 1. The maximum Gasteiger partial charge on any atom is 0.306 e. The first-order chi connectivity index (χ1) is 8.35. The fourth-order valence-corrected chi connectivity index (χ4v) is 2.59. The van der Waals surface area contributed by atoms with Gasteiger partial charge in [0.2, 0.25) is 10.0 Å². The molecular weight excluding hydrogens is 280 g/mol. The number of anilines is 1. The normalized spacial score (nSPS) is 11.1. The van der Waals surface area contributed by atoms with E-state index in [2.05, 4.69) is 14.4 Å². The fourth-order valence-electron chi connectivity index (χ4n) is 1.17. The summed E-state index contributed by atoms with van der Waals surface area (Å²) < 4.78 is 30.1. The van der Waals surface area contributed by atoms with E-state index in [1.807, 2.05) is 0 Å². The van der Waals surface area contributed by atoms with Crippen molar-refractivity contribution in [1.29, 1.82) is 0 Å². The zero-order chi connectivity index (χ0) is 13.8. The SMILES string of the molecule is COC(=O)CCS(=O)(=O)Nc1c(C)ccnc1Cl. The first kappa shape index (κ1) is 14.7. The number of hydrogen-bond acceptors (Lipinski definition) is 5. The molecule has 1 heterocycles. The Morgan fingerprint density at radius 3 is 2.78 bits per heavy atom. The van der Waals surface area contributed by atoms with Crippen LogP contribution in [0.15, 0.2) is 12.3 Å². The van der Waals surface area contributed by atoms with Crippen molar-refractivity contribution in [1.82, 2.24) is 4.98 Å². The van der Waals surface area contributed by atoms with Crippen molar-refractivity contribution in [3.63, 3.8) is 0 Å². The minimum Gasteiger partial charge on any atom is -0.469 e. The number of hydrogen-bond donors (Lipinski definition) is 1. The number of methoxy groups -OCH3 is 1. The number of pyridine rings is 1. The number of carbonyl (C=O) groups is 1. The maximum atomic E-state index is 11.7. The lowest BCUT2D eigenvalue weighted by molar-refractivity contribution is -0.140. The van der Waals surface area contributed by atoms with E-state index in [0.717, 1.165) is 0 Å². The van der Waals surface area contributed by atoms with Crippen LogP contribution in [-0.4, -0.2) is 32.2 Å². The van der Waals surface area contributed by atoms with Crippen molar-refractivity contribution in [3.05, 3.63) is 23.0 Å². The molecule has 0 aliphatic heterocycles. The fraction of sp³-hybridized carbons (Fsp3) is 0.400. The number of esters is 1. The number of carbonyl (C=O) groups excluding carboxylic acids is 1. The molecule has 0 unspecified atom stereocenters. The Morgan fingerprint density at radius 2 is 2.22 bits per heavy atom. The minimum atomic E-state index is -3.66. The highest BCUT2D eigenvalue weighted by molar-refractivity contribution is 7.92. The van der Waals surface area contributed by atoms with Crippen molar-refractivity contribution in [2.45, 2.75) is 13.3 Å². The summed E-state index contributed by atoms with van der Waals surface area (Å²) in [6.45, 7) is 1.70. The third-order valence-electron chi connectivity index (χ3n) is 2.17. The van der Waals surface area contributed by atoms with Crippen LogP contribution in [0.3, 0.4) is 0 Å². The summed E-state index contributed by atoms with van der Waals surface area (Å²) in [4.78, 5) is 14.7. The lowest BCUT2D eigenvalue weighted by Crippen LogP contribution is -2.20. The molecule has 0 saturated carbocycles. The highest BCUT2D eigenvalue weighted by atomic mass is 35.5. The van der Waals surface area contributed by atoms with E-state index in [1.165, 1.54) is 13.3 Å². The number of aromatic nitrogens is 1. The van der Waals surface area contributed by atoms with Gasteiger partial charge in [-0.1, -0.05) is 11.6 Å². The quantitative estimate of drug-likeness (QED) is 0.654. The van der Waals surface area contributed by atoms with Gasteiger partial charge in [0.25, 0.3) is 0 Å². The molecule has 1 N–H and O–H groups in total. The Labute approximate surface area is 110 Å². The van der Waals surface area contributed by atoms with Gasteiger partial charge in [-0.15, -0.1) is 0 Å². The highest BCUT2D eigenvalue weighted by Crippen LogP contribution is 2.23. The second kappa shape index (κ2) is 6.01. The van der Waals surface area contributed by atoms with E-state index >= 15 is 0 Å². The molecule has 0 aliphatic rings. The number of sulfonamides is 1. The standard InChI is InChI=1S/C10H13ClN2O4S/c1-7-3-5-12-10(11)9(7)13-18(15,16)6-4-8(14)17-2/h3,5,13H,4,6H2,1-2H3. The third-order valence-corrected chi connectivity index (χ3v) is 3.72. The topological polar surface area (TPSA) is 85.4 Å². The average molecular weight is 293 g/mol. The maximum absolute atomic E-state index is 11.7. The Bertz CT molecular complexity index is 525. The Hall–Kier alpha value is -1.34. The molecule has 8 heteroatoms.